The molecule has 0 saturated carbocycles. The van der Waals surface area contributed by atoms with Gasteiger partial charge in [0.2, 0.25) is 11.6 Å². The minimum atomic E-state index is -0.696. The van der Waals surface area contributed by atoms with Crippen molar-refractivity contribution < 1.29 is 23.9 Å². The SMILES string of the molecule is COC(=O)c1ccnc2c1C(=O)c1c(OC)cccc1C2=O. The Kier molecular flexibility index (Phi) is 3.21. The molecule has 2 aromatic rings. The summed E-state index contributed by atoms with van der Waals surface area (Å²) in [6.07, 6.45) is 1.31. The Hall–Kier alpha value is -3.02. The van der Waals surface area contributed by atoms with E-state index in [0.29, 0.717) is 0 Å². The van der Waals surface area contributed by atoms with Gasteiger partial charge in [-0.1, -0.05) is 6.07 Å². The fraction of sp³-hybridized carbons (Fsp3) is 0.125. The highest BCUT2D eigenvalue weighted by Crippen LogP contribution is 2.33. The smallest absolute Gasteiger partial charge is 0.338 e. The van der Waals surface area contributed by atoms with Gasteiger partial charge in [0.05, 0.1) is 30.9 Å². The molecule has 6 heteroatoms. The van der Waals surface area contributed by atoms with Gasteiger partial charge < -0.3 is 9.47 Å². The van der Waals surface area contributed by atoms with Crippen LogP contribution < -0.4 is 4.74 Å². The number of pyridine rings is 1. The predicted molar refractivity (Wildman–Crippen MR) is 75.4 cm³/mol. The van der Waals surface area contributed by atoms with Crippen LogP contribution >= 0.6 is 0 Å². The van der Waals surface area contributed by atoms with Crippen LogP contribution in [0.2, 0.25) is 0 Å². The summed E-state index contributed by atoms with van der Waals surface area (Å²) in [6, 6.07) is 6.10. The van der Waals surface area contributed by atoms with Crippen molar-refractivity contribution in [2.24, 2.45) is 0 Å². The van der Waals surface area contributed by atoms with E-state index in [4.69, 9.17) is 4.74 Å². The number of aromatic nitrogens is 1. The van der Waals surface area contributed by atoms with Gasteiger partial charge in [0.15, 0.2) is 0 Å². The van der Waals surface area contributed by atoms with Crippen molar-refractivity contribution in [2.45, 2.75) is 0 Å². The van der Waals surface area contributed by atoms with E-state index in [2.05, 4.69) is 9.72 Å². The van der Waals surface area contributed by atoms with Gasteiger partial charge in [-0.15, -0.1) is 0 Å². The monoisotopic (exact) mass is 297 g/mol. The summed E-state index contributed by atoms with van der Waals surface area (Å²) in [7, 11) is 2.62. The first-order chi connectivity index (χ1) is 10.6. The summed E-state index contributed by atoms with van der Waals surface area (Å²) in [6.45, 7) is 0. The molecule has 110 valence electrons. The molecule has 0 radical (unpaired) electrons. The maximum atomic E-state index is 12.8. The number of methoxy groups -OCH3 is 2. The summed E-state index contributed by atoms with van der Waals surface area (Å²) < 4.78 is 9.83. The molecule has 0 N–H and O–H groups in total. The summed E-state index contributed by atoms with van der Waals surface area (Å²) >= 11 is 0. The number of carbonyl (C=O) groups is 3. The van der Waals surface area contributed by atoms with E-state index in [1.54, 1.807) is 12.1 Å². The van der Waals surface area contributed by atoms with Gasteiger partial charge in [0.1, 0.15) is 11.4 Å². The van der Waals surface area contributed by atoms with Crippen LogP contribution in [0, 0.1) is 0 Å². The second-order valence-electron chi connectivity index (χ2n) is 4.61. The second kappa shape index (κ2) is 5.07. The van der Waals surface area contributed by atoms with Crippen molar-refractivity contribution in [1.29, 1.82) is 0 Å². The standard InChI is InChI=1S/C16H11NO5/c1-21-10-5-3-4-8-11(10)15(19)12-9(16(20)22-2)6-7-17-13(12)14(8)18/h3-7H,1-2H3. The Morgan fingerprint density at radius 3 is 2.50 bits per heavy atom. The Bertz CT molecular complexity index is 825. The number of benzene rings is 1. The normalized spacial score (nSPS) is 12.5. The van der Waals surface area contributed by atoms with E-state index >= 15 is 0 Å². The molecule has 6 nitrogen and oxygen atoms in total. The van der Waals surface area contributed by atoms with Gasteiger partial charge in [0.25, 0.3) is 0 Å². The zero-order chi connectivity index (χ0) is 15.9. The van der Waals surface area contributed by atoms with Gasteiger partial charge in [0, 0.05) is 11.8 Å². The van der Waals surface area contributed by atoms with Crippen molar-refractivity contribution >= 4 is 17.5 Å². The second-order valence-corrected chi connectivity index (χ2v) is 4.61. The number of ether oxygens (including phenoxy) is 2. The highest BCUT2D eigenvalue weighted by Gasteiger charge is 2.36. The van der Waals surface area contributed by atoms with Crippen molar-refractivity contribution in [2.75, 3.05) is 14.2 Å². The Morgan fingerprint density at radius 1 is 1.05 bits per heavy atom. The molecule has 0 amide bonds. The van der Waals surface area contributed by atoms with Crippen LogP contribution in [0.5, 0.6) is 5.75 Å². The van der Waals surface area contributed by atoms with Crippen LogP contribution in [0.15, 0.2) is 30.5 Å². The van der Waals surface area contributed by atoms with E-state index in [9.17, 15) is 14.4 Å². The van der Waals surface area contributed by atoms with Crippen LogP contribution in [0.25, 0.3) is 0 Å². The largest absolute Gasteiger partial charge is 0.496 e. The molecule has 1 aromatic heterocycles. The molecule has 0 unspecified atom stereocenters. The molecule has 1 aromatic carbocycles. The van der Waals surface area contributed by atoms with E-state index in [1.165, 1.54) is 32.5 Å². The molecular weight excluding hydrogens is 286 g/mol. The molecule has 1 aliphatic rings. The molecule has 0 fully saturated rings. The lowest BCUT2D eigenvalue weighted by atomic mass is 9.84. The minimum Gasteiger partial charge on any atom is -0.496 e. The first-order valence-corrected chi connectivity index (χ1v) is 6.43. The van der Waals surface area contributed by atoms with Gasteiger partial charge in [-0.3, -0.25) is 14.6 Å². The fourth-order valence-corrected chi connectivity index (χ4v) is 2.52. The van der Waals surface area contributed by atoms with Crippen molar-refractivity contribution in [3.63, 3.8) is 0 Å². The summed E-state index contributed by atoms with van der Waals surface area (Å²) in [5.41, 5.74) is 0.277. The molecule has 0 saturated heterocycles. The Morgan fingerprint density at radius 2 is 1.82 bits per heavy atom. The molecule has 0 spiro atoms. The molecule has 0 bridgehead atoms. The predicted octanol–water partition coefficient (Wildman–Crippen LogP) is 1.65. The lowest BCUT2D eigenvalue weighted by Gasteiger charge is -2.20. The highest BCUT2D eigenvalue weighted by atomic mass is 16.5. The van der Waals surface area contributed by atoms with Gasteiger partial charge in [-0.25, -0.2) is 4.79 Å². The molecule has 1 heterocycles. The molecule has 1 aliphatic carbocycles. The highest BCUT2D eigenvalue weighted by molar-refractivity contribution is 6.30. The van der Waals surface area contributed by atoms with E-state index in [1.807, 2.05) is 0 Å². The third-order valence-corrected chi connectivity index (χ3v) is 3.52. The van der Waals surface area contributed by atoms with Crippen LogP contribution in [0.4, 0.5) is 0 Å². The first-order valence-electron chi connectivity index (χ1n) is 6.43. The lowest BCUT2D eigenvalue weighted by Crippen LogP contribution is -2.26. The number of ketones is 2. The van der Waals surface area contributed by atoms with E-state index < -0.39 is 17.5 Å². The number of hydrogen-bond acceptors (Lipinski definition) is 6. The average Bonchev–Trinajstić information content (AvgIpc) is 2.57. The number of esters is 1. The summed E-state index contributed by atoms with van der Waals surface area (Å²) in [5, 5.41) is 0. The minimum absolute atomic E-state index is 0.0161. The van der Waals surface area contributed by atoms with E-state index in [0.717, 1.165) is 0 Å². The number of nitrogens with zero attached hydrogens (tertiary/aromatic N) is 1. The number of hydrogen-bond donors (Lipinski definition) is 0. The van der Waals surface area contributed by atoms with Crippen LogP contribution in [0.1, 0.15) is 42.3 Å². The van der Waals surface area contributed by atoms with E-state index in [-0.39, 0.29) is 33.7 Å². The molecule has 22 heavy (non-hydrogen) atoms. The van der Waals surface area contributed by atoms with Crippen molar-refractivity contribution in [3.05, 3.63) is 58.4 Å². The number of carbonyl (C=O) groups excluding carboxylic acids is 3. The van der Waals surface area contributed by atoms with Crippen LogP contribution in [0.3, 0.4) is 0 Å². The zero-order valence-electron chi connectivity index (χ0n) is 11.9. The summed E-state index contributed by atoms with van der Waals surface area (Å²) in [5.74, 6) is -1.32. The Labute approximate surface area is 125 Å². The third kappa shape index (κ3) is 1.81. The average molecular weight is 297 g/mol. The molecule has 0 aliphatic heterocycles. The van der Waals surface area contributed by atoms with Crippen molar-refractivity contribution in [3.8, 4) is 5.75 Å². The molecule has 3 rings (SSSR count). The maximum Gasteiger partial charge on any atom is 0.338 e. The van der Waals surface area contributed by atoms with Gasteiger partial charge >= 0.3 is 5.97 Å². The summed E-state index contributed by atoms with van der Waals surface area (Å²) in [4.78, 5) is 41.2. The van der Waals surface area contributed by atoms with Gasteiger partial charge in [-0.2, -0.15) is 0 Å². The number of fused-ring (bicyclic) bond motifs is 2. The fourth-order valence-electron chi connectivity index (χ4n) is 2.52. The molecule has 0 atom stereocenters. The van der Waals surface area contributed by atoms with Crippen molar-refractivity contribution in [1.82, 2.24) is 4.98 Å². The number of rotatable bonds is 2. The van der Waals surface area contributed by atoms with Crippen LogP contribution in [-0.4, -0.2) is 36.7 Å². The quantitative estimate of drug-likeness (QED) is 0.669. The lowest BCUT2D eigenvalue weighted by molar-refractivity contribution is 0.0597. The molecular formula is C16H11NO5. The zero-order valence-corrected chi connectivity index (χ0v) is 11.9. The third-order valence-electron chi connectivity index (χ3n) is 3.52. The van der Waals surface area contributed by atoms with Crippen LogP contribution in [-0.2, 0) is 4.74 Å². The van der Waals surface area contributed by atoms with Gasteiger partial charge in [-0.05, 0) is 18.2 Å². The first kappa shape index (κ1) is 13.9. The Balaban J connectivity index is 2.33. The topological polar surface area (TPSA) is 82.6 Å². The maximum absolute atomic E-state index is 12.8.